The zero-order valence-corrected chi connectivity index (χ0v) is 6.99. The predicted octanol–water partition coefficient (Wildman–Crippen LogP) is 0.613. The van der Waals surface area contributed by atoms with Crippen molar-refractivity contribution in [3.05, 3.63) is 0 Å². The molecule has 0 aromatic heterocycles. The monoisotopic (exact) mass is 217 g/mol. The van der Waals surface area contributed by atoms with Gasteiger partial charge < -0.3 is 9.90 Å². The van der Waals surface area contributed by atoms with Gasteiger partial charge in [0, 0.05) is 5.97 Å². The molecule has 2 nitrogen and oxygen atoms in total. The fourth-order valence-electron chi connectivity index (χ4n) is 1.69. The van der Waals surface area contributed by atoms with Gasteiger partial charge in [-0.1, -0.05) is 0 Å². The number of carboxylic acids is 1. The molecule has 0 heterocycles. The molecule has 0 saturated heterocycles. The molecule has 1 aliphatic rings. The summed E-state index contributed by atoms with van der Waals surface area (Å²) in [5, 5.41) is 10.2. The van der Waals surface area contributed by atoms with Gasteiger partial charge in [-0.05, 0) is 6.92 Å². The van der Waals surface area contributed by atoms with Crippen LogP contribution >= 0.6 is 0 Å². The number of aliphatic carboxylic acids is 1. The lowest BCUT2D eigenvalue weighted by Gasteiger charge is -2.17. The Kier molecular flexibility index (Phi) is 2.06. The summed E-state index contributed by atoms with van der Waals surface area (Å²) in [6.07, 6.45) is -5.10. The Labute approximate surface area is 75.7 Å². The molecule has 0 N–H and O–H groups in total. The number of hydrogen-bond acceptors (Lipinski definition) is 2. The van der Waals surface area contributed by atoms with Gasteiger partial charge in [0.15, 0.2) is 5.67 Å². The first kappa shape index (κ1) is 11.2. The summed E-state index contributed by atoms with van der Waals surface area (Å²) < 4.78 is 61.9. The third kappa shape index (κ3) is 0.978. The van der Waals surface area contributed by atoms with Gasteiger partial charge in [-0.15, -0.1) is 0 Å². The average Bonchev–Trinajstić information content (AvgIpc) is 2.51. The summed E-state index contributed by atoms with van der Waals surface area (Å²) >= 11 is 0. The van der Waals surface area contributed by atoms with Crippen LogP contribution in [-0.4, -0.2) is 24.5 Å². The maximum absolute atomic E-state index is 13.2. The summed E-state index contributed by atoms with van der Waals surface area (Å²) in [6, 6.07) is 0. The Bertz CT molecular complexity index is 276. The minimum absolute atomic E-state index is 0.340. The maximum atomic E-state index is 13.2. The predicted molar refractivity (Wildman–Crippen MR) is 32.5 cm³/mol. The normalized spacial score (nSPS) is 42.3. The van der Waals surface area contributed by atoms with E-state index in [2.05, 4.69) is 0 Å². The van der Waals surface area contributed by atoms with E-state index in [1.807, 2.05) is 0 Å². The summed E-state index contributed by atoms with van der Waals surface area (Å²) in [5.74, 6) is -4.68. The lowest BCUT2D eigenvalue weighted by molar-refractivity contribution is -0.311. The van der Waals surface area contributed by atoms with Crippen molar-refractivity contribution in [3.63, 3.8) is 0 Å². The number of hydrogen-bond donors (Lipinski definition) is 0. The SMILES string of the molecule is CC1(C(F)(F)F)C(C(=O)[O-])C1(F)CF. The van der Waals surface area contributed by atoms with Gasteiger partial charge in [0.05, 0.1) is 5.92 Å². The van der Waals surface area contributed by atoms with Crippen LogP contribution < -0.4 is 5.11 Å². The molecule has 0 spiro atoms. The van der Waals surface area contributed by atoms with Crippen molar-refractivity contribution in [3.8, 4) is 0 Å². The summed E-state index contributed by atoms with van der Waals surface area (Å²) in [7, 11) is 0. The second-order valence-corrected chi connectivity index (χ2v) is 3.45. The first-order valence-electron chi connectivity index (χ1n) is 3.65. The van der Waals surface area contributed by atoms with E-state index in [1.165, 1.54) is 0 Å². The first-order chi connectivity index (χ1) is 6.13. The fraction of sp³-hybridized carbons (Fsp3) is 0.857. The largest absolute Gasteiger partial charge is 0.550 e. The van der Waals surface area contributed by atoms with E-state index in [-0.39, 0.29) is 0 Å². The van der Waals surface area contributed by atoms with Crippen LogP contribution in [0.2, 0.25) is 0 Å². The number of carbonyl (C=O) groups is 1. The Morgan fingerprint density at radius 3 is 2.00 bits per heavy atom. The Hall–Kier alpha value is -0.880. The molecular weight excluding hydrogens is 211 g/mol. The molecule has 0 aromatic rings. The first-order valence-corrected chi connectivity index (χ1v) is 3.65. The van der Waals surface area contributed by atoms with Crippen LogP contribution in [0.4, 0.5) is 22.0 Å². The summed E-state index contributed by atoms with van der Waals surface area (Å²) in [4.78, 5) is 10.2. The molecule has 0 amide bonds. The molecule has 0 aromatic carbocycles. The molecule has 0 bridgehead atoms. The zero-order valence-electron chi connectivity index (χ0n) is 6.99. The van der Waals surface area contributed by atoms with E-state index in [0.717, 1.165) is 0 Å². The highest BCUT2D eigenvalue weighted by atomic mass is 19.4. The molecule has 1 saturated carbocycles. The molecule has 0 radical (unpaired) electrons. The van der Waals surface area contributed by atoms with E-state index in [4.69, 9.17) is 0 Å². The van der Waals surface area contributed by atoms with E-state index in [0.29, 0.717) is 6.92 Å². The van der Waals surface area contributed by atoms with E-state index < -0.39 is 35.8 Å². The Balaban J connectivity index is 3.09. The summed E-state index contributed by atoms with van der Waals surface area (Å²) in [5.41, 5.74) is -6.56. The molecule has 1 aliphatic carbocycles. The average molecular weight is 217 g/mol. The molecular formula is C7H6F5O2-. The standard InChI is InChI=1S/C7H7F5O2/c1-5(7(10,11)12)3(4(13)14)6(5,9)2-8/h3H,2H2,1H3,(H,13,14)/p-1. The van der Waals surface area contributed by atoms with E-state index in [1.54, 1.807) is 0 Å². The molecule has 82 valence electrons. The van der Waals surface area contributed by atoms with Crippen LogP contribution in [0, 0.1) is 11.3 Å². The van der Waals surface area contributed by atoms with Crippen molar-refractivity contribution in [1.29, 1.82) is 0 Å². The molecule has 0 aliphatic heterocycles. The van der Waals surface area contributed by atoms with Gasteiger partial charge in [-0.3, -0.25) is 0 Å². The van der Waals surface area contributed by atoms with Crippen LogP contribution in [0.15, 0.2) is 0 Å². The van der Waals surface area contributed by atoms with Gasteiger partial charge >= 0.3 is 6.18 Å². The lowest BCUT2D eigenvalue weighted by Crippen LogP contribution is -2.32. The number of halogens is 5. The van der Waals surface area contributed by atoms with Crippen LogP contribution in [-0.2, 0) is 4.79 Å². The second-order valence-electron chi connectivity index (χ2n) is 3.45. The van der Waals surface area contributed by atoms with Crippen molar-refractivity contribution in [1.82, 2.24) is 0 Å². The number of rotatable bonds is 2. The Morgan fingerprint density at radius 1 is 1.50 bits per heavy atom. The maximum Gasteiger partial charge on any atom is 0.398 e. The third-order valence-electron chi connectivity index (χ3n) is 2.83. The van der Waals surface area contributed by atoms with Gasteiger partial charge in [0.2, 0.25) is 0 Å². The van der Waals surface area contributed by atoms with E-state index >= 15 is 0 Å². The topological polar surface area (TPSA) is 40.1 Å². The third-order valence-corrected chi connectivity index (χ3v) is 2.83. The highest BCUT2D eigenvalue weighted by Gasteiger charge is 2.87. The summed E-state index contributed by atoms with van der Waals surface area (Å²) in [6.45, 7) is -1.64. The van der Waals surface area contributed by atoms with E-state index in [9.17, 15) is 31.9 Å². The van der Waals surface area contributed by atoms with Crippen molar-refractivity contribution in [2.45, 2.75) is 18.8 Å². The van der Waals surface area contributed by atoms with Crippen LogP contribution in [0.3, 0.4) is 0 Å². The van der Waals surface area contributed by atoms with Crippen LogP contribution in [0.25, 0.3) is 0 Å². The van der Waals surface area contributed by atoms with Crippen molar-refractivity contribution in [2.75, 3.05) is 6.67 Å². The van der Waals surface area contributed by atoms with Gasteiger partial charge in [0.25, 0.3) is 0 Å². The molecule has 3 atom stereocenters. The highest BCUT2D eigenvalue weighted by molar-refractivity contribution is 5.77. The smallest absolute Gasteiger partial charge is 0.398 e. The van der Waals surface area contributed by atoms with Gasteiger partial charge in [-0.2, -0.15) is 13.2 Å². The zero-order chi connectivity index (χ0) is 11.4. The minimum Gasteiger partial charge on any atom is -0.550 e. The number of alkyl halides is 5. The van der Waals surface area contributed by atoms with Crippen molar-refractivity contribution >= 4 is 5.97 Å². The highest BCUT2D eigenvalue weighted by Crippen LogP contribution is 2.71. The molecule has 1 rings (SSSR count). The van der Waals surface area contributed by atoms with Crippen LogP contribution in [0.5, 0.6) is 0 Å². The Morgan fingerprint density at radius 2 is 1.93 bits per heavy atom. The fourth-order valence-corrected chi connectivity index (χ4v) is 1.69. The van der Waals surface area contributed by atoms with Crippen molar-refractivity contribution < 1.29 is 31.9 Å². The molecule has 7 heteroatoms. The quantitative estimate of drug-likeness (QED) is 0.636. The number of carbonyl (C=O) groups excluding carboxylic acids is 1. The van der Waals surface area contributed by atoms with Crippen LogP contribution in [0.1, 0.15) is 6.92 Å². The molecule has 3 unspecified atom stereocenters. The lowest BCUT2D eigenvalue weighted by atomic mass is 10.0. The van der Waals surface area contributed by atoms with Gasteiger partial charge in [0.1, 0.15) is 12.1 Å². The van der Waals surface area contributed by atoms with Gasteiger partial charge in [-0.25, -0.2) is 8.78 Å². The second kappa shape index (κ2) is 2.58. The number of carboxylic acid groups (broad SMARTS) is 1. The minimum atomic E-state index is -5.10. The molecule has 14 heavy (non-hydrogen) atoms. The molecule has 1 fully saturated rings. The van der Waals surface area contributed by atoms with Crippen molar-refractivity contribution in [2.24, 2.45) is 11.3 Å².